The summed E-state index contributed by atoms with van der Waals surface area (Å²) in [5.41, 5.74) is 8.97. The summed E-state index contributed by atoms with van der Waals surface area (Å²) in [6.45, 7) is 2.26. The third kappa shape index (κ3) is 3.84. The van der Waals surface area contributed by atoms with E-state index in [1.54, 1.807) is 0 Å². The van der Waals surface area contributed by atoms with Crippen LogP contribution in [0.5, 0.6) is 0 Å². The molecule has 0 saturated heterocycles. The van der Waals surface area contributed by atoms with Gasteiger partial charge in [0.25, 0.3) is 0 Å². The van der Waals surface area contributed by atoms with Crippen LogP contribution in [0.1, 0.15) is 5.56 Å². The Hall–Kier alpha value is -5.20. The Bertz CT molecular complexity index is 2260. The Balaban J connectivity index is 1.38. The summed E-state index contributed by atoms with van der Waals surface area (Å²) in [4.78, 5) is 0. The van der Waals surface area contributed by atoms with Crippen LogP contribution in [0.2, 0.25) is 0 Å². The van der Waals surface area contributed by atoms with E-state index >= 15 is 0 Å². The predicted octanol–water partition coefficient (Wildman–Crippen LogP) is 11.6. The van der Waals surface area contributed by atoms with Crippen molar-refractivity contribution in [2.45, 2.75) is 6.92 Å². The van der Waals surface area contributed by atoms with E-state index in [9.17, 15) is 0 Å². The maximum Gasteiger partial charge on any atom is -0.00694 e. The van der Waals surface area contributed by atoms with Crippen molar-refractivity contribution in [2.75, 3.05) is 0 Å². The average molecular weight is 521 g/mol. The molecule has 0 N–H and O–H groups in total. The normalized spacial score (nSPS) is 11.5. The van der Waals surface area contributed by atoms with Crippen LogP contribution in [0.4, 0.5) is 0 Å². The predicted molar refractivity (Wildman–Crippen MR) is 178 cm³/mol. The molecule has 0 aliphatic carbocycles. The topological polar surface area (TPSA) is 0 Å². The average Bonchev–Trinajstić information content (AvgIpc) is 3.03. The van der Waals surface area contributed by atoms with Gasteiger partial charge in [-0.1, -0.05) is 146 Å². The van der Waals surface area contributed by atoms with Gasteiger partial charge in [0.1, 0.15) is 0 Å². The van der Waals surface area contributed by atoms with Gasteiger partial charge in [0.15, 0.2) is 0 Å². The number of rotatable bonds is 3. The molecule has 0 heterocycles. The van der Waals surface area contributed by atoms with Crippen molar-refractivity contribution in [1.82, 2.24) is 0 Å². The van der Waals surface area contributed by atoms with Crippen molar-refractivity contribution in [2.24, 2.45) is 0 Å². The van der Waals surface area contributed by atoms with E-state index < -0.39 is 0 Å². The lowest BCUT2D eigenvalue weighted by atomic mass is 9.85. The Kier molecular flexibility index (Phi) is 5.47. The lowest BCUT2D eigenvalue weighted by Gasteiger charge is -2.18. The first-order valence-corrected chi connectivity index (χ1v) is 14.3. The lowest BCUT2D eigenvalue weighted by Crippen LogP contribution is -1.92. The van der Waals surface area contributed by atoms with Gasteiger partial charge in [-0.3, -0.25) is 0 Å². The molecular formula is C41H28. The fourth-order valence-electron chi connectivity index (χ4n) is 6.69. The summed E-state index contributed by atoms with van der Waals surface area (Å²) in [6, 6.07) is 55.5. The first-order valence-electron chi connectivity index (χ1n) is 14.3. The number of hydrogen-bond acceptors (Lipinski definition) is 0. The second-order valence-electron chi connectivity index (χ2n) is 11.0. The van der Waals surface area contributed by atoms with Crippen LogP contribution in [0.3, 0.4) is 0 Å². The van der Waals surface area contributed by atoms with Gasteiger partial charge in [-0.05, 0) is 95.0 Å². The molecule has 8 aromatic carbocycles. The quantitative estimate of drug-likeness (QED) is 0.217. The van der Waals surface area contributed by atoms with Gasteiger partial charge >= 0.3 is 0 Å². The van der Waals surface area contributed by atoms with Crippen molar-refractivity contribution >= 4 is 43.1 Å². The van der Waals surface area contributed by atoms with Crippen molar-refractivity contribution in [3.05, 3.63) is 157 Å². The second kappa shape index (κ2) is 9.47. The number of hydrogen-bond donors (Lipinski definition) is 0. The highest BCUT2D eigenvalue weighted by molar-refractivity contribution is 6.14. The van der Waals surface area contributed by atoms with Gasteiger partial charge < -0.3 is 0 Å². The van der Waals surface area contributed by atoms with Gasteiger partial charge in [-0.25, -0.2) is 0 Å². The van der Waals surface area contributed by atoms with Crippen molar-refractivity contribution < 1.29 is 0 Å². The minimum Gasteiger partial charge on any atom is -0.0616 e. The van der Waals surface area contributed by atoms with E-state index in [4.69, 9.17) is 0 Å². The minimum atomic E-state index is 1.26. The van der Waals surface area contributed by atoms with Crippen LogP contribution in [0.15, 0.2) is 152 Å². The maximum atomic E-state index is 2.38. The summed E-state index contributed by atoms with van der Waals surface area (Å²) in [6.07, 6.45) is 0. The monoisotopic (exact) mass is 520 g/mol. The first kappa shape index (κ1) is 23.7. The third-order valence-electron chi connectivity index (χ3n) is 8.57. The zero-order valence-electron chi connectivity index (χ0n) is 22.9. The molecule has 41 heavy (non-hydrogen) atoms. The molecular weight excluding hydrogens is 492 g/mol. The molecule has 192 valence electrons. The highest BCUT2D eigenvalue weighted by Gasteiger charge is 2.16. The molecule has 0 unspecified atom stereocenters. The smallest absolute Gasteiger partial charge is 0.00694 e. The fraction of sp³-hybridized carbons (Fsp3) is 0.0244. The molecule has 0 nitrogen and oxygen atoms in total. The van der Waals surface area contributed by atoms with Crippen molar-refractivity contribution in [3.8, 4) is 33.4 Å². The van der Waals surface area contributed by atoms with E-state index in [0.29, 0.717) is 0 Å². The molecule has 0 aromatic heterocycles. The summed E-state index contributed by atoms with van der Waals surface area (Å²) >= 11 is 0. The summed E-state index contributed by atoms with van der Waals surface area (Å²) in [5, 5.41) is 10.2. The van der Waals surface area contributed by atoms with Crippen LogP contribution < -0.4 is 0 Å². The Morgan fingerprint density at radius 1 is 0.317 bits per heavy atom. The van der Waals surface area contributed by atoms with Gasteiger partial charge in [-0.15, -0.1) is 0 Å². The molecule has 0 radical (unpaired) electrons. The van der Waals surface area contributed by atoms with Crippen LogP contribution in [0, 0.1) is 6.92 Å². The fourth-order valence-corrected chi connectivity index (χ4v) is 6.69. The molecule has 0 amide bonds. The van der Waals surface area contributed by atoms with Crippen LogP contribution in [0.25, 0.3) is 76.5 Å². The Labute approximate surface area is 240 Å². The van der Waals surface area contributed by atoms with E-state index in [1.165, 1.54) is 82.0 Å². The highest BCUT2D eigenvalue weighted by atomic mass is 14.2. The van der Waals surface area contributed by atoms with E-state index in [2.05, 4.69) is 159 Å². The maximum absolute atomic E-state index is 2.38. The van der Waals surface area contributed by atoms with E-state index in [1.807, 2.05) is 0 Å². The zero-order valence-corrected chi connectivity index (χ0v) is 22.9. The zero-order chi connectivity index (χ0) is 27.3. The van der Waals surface area contributed by atoms with Gasteiger partial charge in [0, 0.05) is 0 Å². The third-order valence-corrected chi connectivity index (χ3v) is 8.57. The van der Waals surface area contributed by atoms with Gasteiger partial charge in [0.2, 0.25) is 0 Å². The molecule has 0 atom stereocenters. The largest absolute Gasteiger partial charge is 0.0616 e. The standard InChI is InChI=1S/C41H28/c1-27-25-40(31-24-23-28-11-2-3-13-30(28)26-31)37-16-6-7-17-38(37)41(27)39-22-10-20-35-34(19-9-21-36(35)39)33-18-8-14-29-12-4-5-15-32(29)33/h2-26H,1H3. The van der Waals surface area contributed by atoms with Gasteiger partial charge in [0.05, 0.1) is 0 Å². The minimum absolute atomic E-state index is 1.26. The Morgan fingerprint density at radius 2 is 0.829 bits per heavy atom. The number of aryl methyl sites for hydroxylation is 1. The van der Waals surface area contributed by atoms with Crippen LogP contribution >= 0.6 is 0 Å². The SMILES string of the molecule is Cc1cc(-c2ccc3ccccc3c2)c2ccccc2c1-c1cccc2c(-c3cccc4ccccc34)cccc12. The summed E-state index contributed by atoms with van der Waals surface area (Å²) in [5.74, 6) is 0. The van der Waals surface area contributed by atoms with Crippen LogP contribution in [-0.4, -0.2) is 0 Å². The summed E-state index contributed by atoms with van der Waals surface area (Å²) in [7, 11) is 0. The molecule has 0 aliphatic rings. The molecule has 0 saturated carbocycles. The van der Waals surface area contributed by atoms with Gasteiger partial charge in [-0.2, -0.15) is 0 Å². The Morgan fingerprint density at radius 3 is 1.63 bits per heavy atom. The molecule has 8 aromatic rings. The first-order chi connectivity index (χ1) is 20.3. The second-order valence-corrected chi connectivity index (χ2v) is 11.0. The molecule has 0 bridgehead atoms. The molecule has 0 fully saturated rings. The summed E-state index contributed by atoms with van der Waals surface area (Å²) < 4.78 is 0. The number of fused-ring (bicyclic) bond motifs is 4. The van der Waals surface area contributed by atoms with E-state index in [-0.39, 0.29) is 0 Å². The molecule has 0 spiro atoms. The van der Waals surface area contributed by atoms with Crippen LogP contribution in [-0.2, 0) is 0 Å². The van der Waals surface area contributed by atoms with E-state index in [0.717, 1.165) is 0 Å². The lowest BCUT2D eigenvalue weighted by molar-refractivity contribution is 1.49. The highest BCUT2D eigenvalue weighted by Crippen LogP contribution is 2.43. The molecule has 0 aliphatic heterocycles. The van der Waals surface area contributed by atoms with Crippen molar-refractivity contribution in [3.63, 3.8) is 0 Å². The number of benzene rings is 8. The molecule has 8 rings (SSSR count). The molecule has 0 heteroatoms. The van der Waals surface area contributed by atoms with Crippen molar-refractivity contribution in [1.29, 1.82) is 0 Å².